The van der Waals surface area contributed by atoms with Crippen LogP contribution in [0.5, 0.6) is 0 Å². The molecule has 0 unspecified atom stereocenters. The summed E-state index contributed by atoms with van der Waals surface area (Å²) >= 11 is 0. The summed E-state index contributed by atoms with van der Waals surface area (Å²) in [6.45, 7) is 14.2. The second kappa shape index (κ2) is 13.2. The lowest BCUT2D eigenvalue weighted by Crippen LogP contribution is -2.26. The molecule has 0 bridgehead atoms. The molecule has 0 saturated heterocycles. The first-order valence-corrected chi connectivity index (χ1v) is 9.93. The lowest BCUT2D eigenvalue weighted by Gasteiger charge is -2.19. The first kappa shape index (κ1) is 27.9. The molecule has 0 spiro atoms. The predicted molar refractivity (Wildman–Crippen MR) is 127 cm³/mol. The maximum absolute atomic E-state index is 12.2. The molecule has 0 fully saturated rings. The number of aliphatic hydroxyl groups is 1. The normalized spacial score (nSPS) is 11.3. The third kappa shape index (κ3) is 8.25. The number of aromatic nitrogens is 2. The minimum atomic E-state index is -0.590. The standard InChI is InChI=1S/C20H24N4O3.C2H6.CH4O/c1-13(25)19-16-9-14(15(10-21-5)11-22-6)7-8-17(16)24(23-19)12-18(26)27-20(2,3)4;2*1-2/h7-11H,5,12H2,1-4,6H3;1-2H3;2H,1H3/b15-10+,22-11?;;. The maximum atomic E-state index is 12.2. The highest BCUT2D eigenvalue weighted by Gasteiger charge is 2.20. The Labute approximate surface area is 184 Å². The van der Waals surface area contributed by atoms with E-state index in [-0.39, 0.29) is 12.3 Å². The number of rotatable bonds is 6. The van der Waals surface area contributed by atoms with Gasteiger partial charge < -0.3 is 9.84 Å². The molecule has 8 heteroatoms. The molecule has 1 aromatic heterocycles. The zero-order valence-corrected chi connectivity index (χ0v) is 19.8. The fourth-order valence-electron chi connectivity index (χ4n) is 2.66. The van der Waals surface area contributed by atoms with Gasteiger partial charge in [-0.25, -0.2) is 0 Å². The number of carbonyl (C=O) groups is 2. The molecule has 8 nitrogen and oxygen atoms in total. The van der Waals surface area contributed by atoms with Crippen LogP contribution >= 0.6 is 0 Å². The van der Waals surface area contributed by atoms with Gasteiger partial charge in [0.2, 0.25) is 0 Å². The van der Waals surface area contributed by atoms with Crippen molar-refractivity contribution in [1.82, 2.24) is 9.78 Å². The average Bonchev–Trinajstić information content (AvgIpc) is 3.07. The van der Waals surface area contributed by atoms with Gasteiger partial charge in [0.05, 0.1) is 5.52 Å². The van der Waals surface area contributed by atoms with Gasteiger partial charge in [-0.05, 0) is 45.2 Å². The number of esters is 1. The van der Waals surface area contributed by atoms with Crippen molar-refractivity contribution in [3.63, 3.8) is 0 Å². The van der Waals surface area contributed by atoms with Gasteiger partial charge in [-0.2, -0.15) is 5.10 Å². The summed E-state index contributed by atoms with van der Waals surface area (Å²) in [5.74, 6) is -0.600. The van der Waals surface area contributed by atoms with Crippen LogP contribution in [0.1, 0.15) is 57.6 Å². The average molecular weight is 431 g/mol. The minimum Gasteiger partial charge on any atom is -0.459 e. The first-order chi connectivity index (χ1) is 14.7. The molecule has 2 rings (SSSR count). The van der Waals surface area contributed by atoms with E-state index in [1.807, 2.05) is 32.0 Å². The molecule has 0 atom stereocenters. The van der Waals surface area contributed by atoms with Crippen LogP contribution in [0.2, 0.25) is 0 Å². The number of ketones is 1. The van der Waals surface area contributed by atoms with E-state index in [0.29, 0.717) is 16.6 Å². The third-order valence-electron chi connectivity index (χ3n) is 3.61. The fourth-order valence-corrected chi connectivity index (χ4v) is 2.66. The van der Waals surface area contributed by atoms with E-state index in [0.717, 1.165) is 18.2 Å². The van der Waals surface area contributed by atoms with Crippen LogP contribution in [-0.4, -0.2) is 59.3 Å². The zero-order chi connectivity index (χ0) is 24.2. The van der Waals surface area contributed by atoms with Gasteiger partial charge in [-0.3, -0.25) is 24.3 Å². The molecular formula is C23H34N4O4. The quantitative estimate of drug-likeness (QED) is 0.424. The summed E-state index contributed by atoms with van der Waals surface area (Å²) in [6.07, 6.45) is 3.25. The lowest BCUT2D eigenvalue weighted by atomic mass is 10.0. The second-order valence-corrected chi connectivity index (χ2v) is 7.04. The number of aliphatic imine (C=N–C) groups is 2. The van der Waals surface area contributed by atoms with E-state index in [9.17, 15) is 9.59 Å². The monoisotopic (exact) mass is 430 g/mol. The second-order valence-electron chi connectivity index (χ2n) is 7.04. The van der Waals surface area contributed by atoms with Crippen molar-refractivity contribution in [2.45, 2.75) is 53.7 Å². The highest BCUT2D eigenvalue weighted by atomic mass is 16.6. The van der Waals surface area contributed by atoms with Gasteiger partial charge in [0, 0.05) is 44.5 Å². The van der Waals surface area contributed by atoms with Crippen molar-refractivity contribution < 1.29 is 19.4 Å². The molecule has 0 radical (unpaired) electrons. The number of benzene rings is 1. The fraction of sp³-hybridized carbons (Fsp3) is 0.435. The Morgan fingerprint density at radius 1 is 1.26 bits per heavy atom. The number of ether oxygens (including phenoxy) is 1. The van der Waals surface area contributed by atoms with Crippen LogP contribution in [0.25, 0.3) is 16.5 Å². The lowest BCUT2D eigenvalue weighted by molar-refractivity contribution is -0.155. The van der Waals surface area contributed by atoms with Crippen molar-refractivity contribution in [1.29, 1.82) is 0 Å². The van der Waals surface area contributed by atoms with Crippen LogP contribution in [0.15, 0.2) is 34.4 Å². The van der Waals surface area contributed by atoms with Gasteiger partial charge in [-0.15, -0.1) is 0 Å². The number of nitrogens with zero attached hydrogens (tertiary/aromatic N) is 4. The molecule has 0 aliphatic heterocycles. The Kier molecular flexibility index (Phi) is 11.9. The molecule has 1 aromatic carbocycles. The summed E-state index contributed by atoms with van der Waals surface area (Å²) in [4.78, 5) is 32.1. The number of carbonyl (C=O) groups excluding carboxylic acids is 2. The first-order valence-electron chi connectivity index (χ1n) is 9.93. The minimum absolute atomic E-state index is 0.0757. The Morgan fingerprint density at radius 2 is 1.87 bits per heavy atom. The summed E-state index contributed by atoms with van der Waals surface area (Å²) in [7, 11) is 2.66. The third-order valence-corrected chi connectivity index (χ3v) is 3.61. The molecule has 0 saturated carbocycles. The maximum Gasteiger partial charge on any atom is 0.328 e. The highest BCUT2D eigenvalue weighted by Crippen LogP contribution is 2.24. The summed E-state index contributed by atoms with van der Waals surface area (Å²) in [5, 5.41) is 12.0. The van der Waals surface area contributed by atoms with E-state index in [1.165, 1.54) is 11.6 Å². The van der Waals surface area contributed by atoms with E-state index in [1.54, 1.807) is 40.2 Å². The Balaban J connectivity index is 0.00000212. The smallest absolute Gasteiger partial charge is 0.328 e. The SMILES string of the molecule is C=N/C=C(\C=NC)c1ccc2c(c1)c(C(C)=O)nn2CC(=O)OC(C)(C)C.CC.CO. The summed E-state index contributed by atoms with van der Waals surface area (Å²) in [5.41, 5.74) is 1.96. The van der Waals surface area contributed by atoms with Gasteiger partial charge >= 0.3 is 5.97 Å². The molecule has 0 aliphatic rings. The summed E-state index contributed by atoms with van der Waals surface area (Å²) in [6, 6.07) is 5.51. The number of aliphatic hydroxyl groups excluding tert-OH is 1. The van der Waals surface area contributed by atoms with Crippen LogP contribution in [0.4, 0.5) is 0 Å². The number of hydrogen-bond acceptors (Lipinski definition) is 7. The van der Waals surface area contributed by atoms with E-state index in [2.05, 4.69) is 21.8 Å². The van der Waals surface area contributed by atoms with Crippen LogP contribution in [-0.2, 0) is 16.1 Å². The number of hydrogen-bond donors (Lipinski definition) is 1. The van der Waals surface area contributed by atoms with Gasteiger partial charge in [0.15, 0.2) is 5.78 Å². The molecular weight excluding hydrogens is 396 g/mol. The zero-order valence-electron chi connectivity index (χ0n) is 19.8. The van der Waals surface area contributed by atoms with Gasteiger partial charge in [0.1, 0.15) is 17.8 Å². The van der Waals surface area contributed by atoms with Gasteiger partial charge in [-0.1, -0.05) is 19.9 Å². The topological polar surface area (TPSA) is 106 Å². The van der Waals surface area contributed by atoms with Crippen LogP contribution in [0, 0.1) is 0 Å². The number of allylic oxidation sites excluding steroid dienone is 1. The Morgan fingerprint density at radius 3 is 2.35 bits per heavy atom. The van der Waals surface area contributed by atoms with Crippen molar-refractivity contribution in [3.8, 4) is 0 Å². The molecule has 0 amide bonds. The van der Waals surface area contributed by atoms with Crippen molar-refractivity contribution >= 4 is 41.2 Å². The number of Topliss-reactive ketones (excluding diaryl/α,β-unsaturated/α-hetero) is 1. The molecule has 170 valence electrons. The van der Waals surface area contributed by atoms with Crippen LogP contribution < -0.4 is 0 Å². The van der Waals surface area contributed by atoms with Crippen molar-refractivity contribution in [2.24, 2.45) is 9.98 Å². The Bertz CT molecular complexity index is 950. The molecule has 2 aromatic rings. The van der Waals surface area contributed by atoms with E-state index >= 15 is 0 Å². The Hall–Kier alpha value is -3.13. The summed E-state index contributed by atoms with van der Waals surface area (Å²) < 4.78 is 6.85. The molecule has 0 aliphatic carbocycles. The molecule has 31 heavy (non-hydrogen) atoms. The van der Waals surface area contributed by atoms with E-state index in [4.69, 9.17) is 9.84 Å². The van der Waals surface area contributed by atoms with Crippen molar-refractivity contribution in [3.05, 3.63) is 35.7 Å². The highest BCUT2D eigenvalue weighted by molar-refractivity contribution is 6.12. The molecule has 1 N–H and O–H groups in total. The largest absolute Gasteiger partial charge is 0.459 e. The number of fused-ring (bicyclic) bond motifs is 1. The predicted octanol–water partition coefficient (Wildman–Crippen LogP) is 3.96. The van der Waals surface area contributed by atoms with E-state index < -0.39 is 11.6 Å². The van der Waals surface area contributed by atoms with Crippen molar-refractivity contribution in [2.75, 3.05) is 14.2 Å². The van der Waals surface area contributed by atoms with Crippen LogP contribution in [0.3, 0.4) is 0 Å². The van der Waals surface area contributed by atoms with Gasteiger partial charge in [0.25, 0.3) is 0 Å². The molecule has 1 heterocycles.